The van der Waals surface area contributed by atoms with E-state index in [0.29, 0.717) is 23.4 Å². The largest absolute Gasteiger partial charge is 0.481 e. The molecule has 170 valence electrons. The molecule has 0 unspecified atom stereocenters. The van der Waals surface area contributed by atoms with Gasteiger partial charge in [-0.25, -0.2) is 9.37 Å². The lowest BCUT2D eigenvalue weighted by atomic mass is 10.1. The molecule has 0 fully saturated rings. The summed E-state index contributed by atoms with van der Waals surface area (Å²) in [6, 6.07) is 12.4. The molecule has 0 saturated carbocycles. The van der Waals surface area contributed by atoms with Crippen molar-refractivity contribution in [2.75, 3.05) is 6.54 Å². The van der Waals surface area contributed by atoms with E-state index in [-0.39, 0.29) is 34.4 Å². The smallest absolute Gasteiger partial charge is 0.300 e. The minimum absolute atomic E-state index is 0.0695. The van der Waals surface area contributed by atoms with E-state index in [9.17, 15) is 14.0 Å². The molecule has 0 radical (unpaired) electrons. The van der Waals surface area contributed by atoms with Crippen molar-refractivity contribution in [1.29, 1.82) is 5.41 Å². The number of carboxylic acids is 1. The van der Waals surface area contributed by atoms with Gasteiger partial charge in [0.1, 0.15) is 22.6 Å². The summed E-state index contributed by atoms with van der Waals surface area (Å²) in [6.07, 6.45) is 1.61. The molecule has 33 heavy (non-hydrogen) atoms. The molecule has 3 N–H and O–H groups in total. The second kappa shape index (κ2) is 9.86. The minimum atomic E-state index is -0.833. The number of rotatable bonds is 4. The van der Waals surface area contributed by atoms with Crippen LogP contribution in [0.3, 0.4) is 0 Å². The van der Waals surface area contributed by atoms with Crippen LogP contribution < -0.4 is 16.4 Å². The lowest BCUT2D eigenvalue weighted by molar-refractivity contribution is -0.134. The van der Waals surface area contributed by atoms with Gasteiger partial charge < -0.3 is 15.0 Å². The SMILES string of the molecule is CC(=O)O.CCNC(=O)c1cc2c(=O)n3ccccc3nc2n(Cc2ccc(F)cc2)c1=N. The van der Waals surface area contributed by atoms with E-state index in [1.807, 2.05) is 0 Å². The summed E-state index contributed by atoms with van der Waals surface area (Å²) < 4.78 is 16.2. The molecule has 0 aliphatic rings. The number of hydrogen-bond donors (Lipinski definition) is 3. The third kappa shape index (κ3) is 5.12. The number of carbonyl (C=O) groups is 2. The quantitative estimate of drug-likeness (QED) is 0.410. The average molecular weight is 451 g/mol. The van der Waals surface area contributed by atoms with Crippen LogP contribution in [0.2, 0.25) is 0 Å². The number of aliphatic carboxylic acids is 1. The molecule has 4 rings (SSSR count). The number of hydrogen-bond acceptors (Lipinski definition) is 5. The van der Waals surface area contributed by atoms with Crippen LogP contribution in [0.1, 0.15) is 29.8 Å². The van der Waals surface area contributed by atoms with Crippen molar-refractivity contribution < 1.29 is 19.1 Å². The molecule has 0 atom stereocenters. The van der Waals surface area contributed by atoms with Crippen LogP contribution in [0.15, 0.2) is 59.5 Å². The number of amides is 1. The number of halogens is 1. The summed E-state index contributed by atoms with van der Waals surface area (Å²) in [5, 5.41) is 18.9. The van der Waals surface area contributed by atoms with Gasteiger partial charge in [0.15, 0.2) is 0 Å². The average Bonchev–Trinajstić information content (AvgIpc) is 2.77. The Morgan fingerprint density at radius 2 is 1.85 bits per heavy atom. The maximum Gasteiger partial charge on any atom is 0.300 e. The molecular weight excluding hydrogens is 429 g/mol. The predicted octanol–water partition coefficient (Wildman–Crippen LogP) is 2.16. The number of nitrogens with one attached hydrogen (secondary N) is 2. The summed E-state index contributed by atoms with van der Waals surface area (Å²) in [4.78, 5) is 39.1. The molecule has 0 aliphatic carbocycles. The molecule has 1 aromatic carbocycles. The number of benzene rings is 1. The molecule has 1 amide bonds. The van der Waals surface area contributed by atoms with E-state index >= 15 is 0 Å². The molecule has 4 aromatic rings. The first-order valence-electron chi connectivity index (χ1n) is 10.0. The number of pyridine rings is 2. The molecule has 9 nitrogen and oxygen atoms in total. The van der Waals surface area contributed by atoms with E-state index in [1.165, 1.54) is 27.2 Å². The topological polar surface area (TPSA) is 130 Å². The summed E-state index contributed by atoms with van der Waals surface area (Å²) in [7, 11) is 0. The summed E-state index contributed by atoms with van der Waals surface area (Å²) in [6.45, 7) is 3.42. The van der Waals surface area contributed by atoms with Gasteiger partial charge in [0, 0.05) is 19.7 Å². The van der Waals surface area contributed by atoms with Crippen LogP contribution >= 0.6 is 0 Å². The van der Waals surface area contributed by atoms with Crippen LogP contribution in [0.5, 0.6) is 0 Å². The summed E-state index contributed by atoms with van der Waals surface area (Å²) in [5.41, 5.74) is 1.13. The standard InChI is InChI=1S/C21H18FN5O2.C2H4O2/c1-2-24-20(28)15-11-16-19(25-17-5-3-4-10-26(17)21(16)29)27(18(15)23)12-13-6-8-14(22)9-7-13;1-2(3)4/h3-11,23H,2,12H2,1H3,(H,24,28);1H3,(H,3,4). The zero-order valence-corrected chi connectivity index (χ0v) is 18.0. The molecule has 3 heterocycles. The Labute approximate surface area is 187 Å². The first kappa shape index (κ1) is 23.3. The number of aromatic nitrogens is 3. The monoisotopic (exact) mass is 451 g/mol. The van der Waals surface area contributed by atoms with Crippen LogP contribution in [-0.4, -0.2) is 37.5 Å². The Bertz CT molecular complexity index is 1450. The van der Waals surface area contributed by atoms with Gasteiger partial charge in [-0.2, -0.15) is 0 Å². The molecule has 10 heteroatoms. The van der Waals surface area contributed by atoms with Crippen molar-refractivity contribution in [3.63, 3.8) is 0 Å². The van der Waals surface area contributed by atoms with Crippen molar-refractivity contribution in [3.8, 4) is 0 Å². The fraction of sp³-hybridized carbons (Fsp3) is 0.174. The van der Waals surface area contributed by atoms with Crippen molar-refractivity contribution in [2.45, 2.75) is 20.4 Å². The normalized spacial score (nSPS) is 10.5. The first-order chi connectivity index (χ1) is 15.7. The Hall–Kier alpha value is -4.34. The fourth-order valence-corrected chi connectivity index (χ4v) is 3.24. The van der Waals surface area contributed by atoms with Gasteiger partial charge in [-0.05, 0) is 42.8 Å². The van der Waals surface area contributed by atoms with E-state index in [4.69, 9.17) is 15.3 Å². The zero-order chi connectivity index (χ0) is 24.1. The molecule has 0 spiro atoms. The predicted molar refractivity (Wildman–Crippen MR) is 120 cm³/mol. The van der Waals surface area contributed by atoms with Crippen molar-refractivity contribution in [1.82, 2.24) is 19.3 Å². The van der Waals surface area contributed by atoms with Gasteiger partial charge >= 0.3 is 0 Å². The highest BCUT2D eigenvalue weighted by Crippen LogP contribution is 2.13. The maximum absolute atomic E-state index is 13.3. The minimum Gasteiger partial charge on any atom is -0.481 e. The molecule has 0 aliphatic heterocycles. The summed E-state index contributed by atoms with van der Waals surface area (Å²) in [5.74, 6) is -1.64. The first-order valence-corrected chi connectivity index (χ1v) is 10.0. The van der Waals surface area contributed by atoms with Gasteiger partial charge in [0.25, 0.3) is 17.4 Å². The molecule has 0 saturated heterocycles. The highest BCUT2D eigenvalue weighted by molar-refractivity contribution is 5.96. The fourth-order valence-electron chi connectivity index (χ4n) is 3.24. The van der Waals surface area contributed by atoms with Gasteiger partial charge in [-0.3, -0.25) is 24.2 Å². The number of nitrogens with zero attached hydrogens (tertiary/aromatic N) is 3. The van der Waals surface area contributed by atoms with Crippen LogP contribution in [-0.2, 0) is 11.3 Å². The van der Waals surface area contributed by atoms with Gasteiger partial charge in [-0.15, -0.1) is 0 Å². The zero-order valence-electron chi connectivity index (χ0n) is 18.0. The third-order valence-electron chi connectivity index (χ3n) is 4.65. The van der Waals surface area contributed by atoms with Crippen LogP contribution in [0.4, 0.5) is 4.39 Å². The second-order valence-electron chi connectivity index (χ2n) is 7.08. The Morgan fingerprint density at radius 1 is 1.18 bits per heavy atom. The highest BCUT2D eigenvalue weighted by Gasteiger charge is 2.17. The number of carbonyl (C=O) groups excluding carboxylic acids is 1. The van der Waals surface area contributed by atoms with E-state index < -0.39 is 11.9 Å². The van der Waals surface area contributed by atoms with Crippen LogP contribution in [0, 0.1) is 11.2 Å². The van der Waals surface area contributed by atoms with Gasteiger partial charge in [0.05, 0.1) is 17.5 Å². The Morgan fingerprint density at radius 3 is 2.48 bits per heavy atom. The number of fused-ring (bicyclic) bond motifs is 2. The number of carboxylic acid groups (broad SMARTS) is 1. The maximum atomic E-state index is 13.3. The Kier molecular flexibility index (Phi) is 6.97. The molecular formula is C23H22FN5O4. The highest BCUT2D eigenvalue weighted by atomic mass is 19.1. The van der Waals surface area contributed by atoms with E-state index in [2.05, 4.69) is 10.3 Å². The third-order valence-corrected chi connectivity index (χ3v) is 4.65. The van der Waals surface area contributed by atoms with Crippen molar-refractivity contribution in [3.05, 3.63) is 87.5 Å². The second-order valence-corrected chi connectivity index (χ2v) is 7.08. The lowest BCUT2D eigenvalue weighted by Gasteiger charge is -2.14. The van der Waals surface area contributed by atoms with Crippen LogP contribution in [0.25, 0.3) is 16.7 Å². The molecule has 3 aromatic heterocycles. The van der Waals surface area contributed by atoms with E-state index in [1.54, 1.807) is 43.5 Å². The summed E-state index contributed by atoms with van der Waals surface area (Å²) >= 11 is 0. The Balaban J connectivity index is 0.000000709. The lowest BCUT2D eigenvalue weighted by Crippen LogP contribution is -2.35. The van der Waals surface area contributed by atoms with Crippen molar-refractivity contribution >= 4 is 28.6 Å². The van der Waals surface area contributed by atoms with Gasteiger partial charge in [0.2, 0.25) is 0 Å². The van der Waals surface area contributed by atoms with Crippen molar-refractivity contribution in [2.24, 2.45) is 0 Å². The molecule has 0 bridgehead atoms. The van der Waals surface area contributed by atoms with Gasteiger partial charge in [-0.1, -0.05) is 18.2 Å². The van der Waals surface area contributed by atoms with E-state index in [0.717, 1.165) is 6.92 Å².